The lowest BCUT2D eigenvalue weighted by molar-refractivity contribution is -0.161. The zero-order valence-electron chi connectivity index (χ0n) is 37.2. The molecule has 0 aromatic rings. The van der Waals surface area contributed by atoms with Gasteiger partial charge in [-0.3, -0.25) is 18.6 Å². The maximum Gasteiger partial charge on any atom is 0.472 e. The number of ether oxygens (including phenoxy) is 2. The first-order chi connectivity index (χ1) is 28.5. The van der Waals surface area contributed by atoms with Crippen molar-refractivity contribution >= 4 is 19.8 Å². The van der Waals surface area contributed by atoms with Crippen molar-refractivity contribution in [1.29, 1.82) is 0 Å². The number of allylic oxidation sites excluding steroid dienone is 8. The Bertz CT molecular complexity index is 1150. The van der Waals surface area contributed by atoms with E-state index in [0.717, 1.165) is 63.7 Å². The van der Waals surface area contributed by atoms with Crippen molar-refractivity contribution in [1.82, 2.24) is 0 Å². The van der Waals surface area contributed by atoms with Crippen LogP contribution in [0, 0.1) is 5.92 Å². The van der Waals surface area contributed by atoms with Gasteiger partial charge in [0, 0.05) is 12.8 Å². The molecule has 0 rings (SSSR count). The molecular weight excluding hydrogens is 771 g/mol. The molecular formula is C47H85O11P. The highest BCUT2D eigenvalue weighted by atomic mass is 31.2. The molecule has 0 radical (unpaired) electrons. The molecule has 0 bridgehead atoms. The van der Waals surface area contributed by atoms with Crippen LogP contribution in [0.5, 0.6) is 0 Å². The van der Waals surface area contributed by atoms with E-state index in [1.807, 2.05) is 19.1 Å². The Morgan fingerprint density at radius 1 is 0.559 bits per heavy atom. The number of carbonyl (C=O) groups excluding carboxylic acids is 2. The number of hydrogen-bond donors (Lipinski definition) is 4. The second kappa shape index (κ2) is 41.3. The smallest absolute Gasteiger partial charge is 0.462 e. The molecule has 0 aromatic carbocycles. The summed E-state index contributed by atoms with van der Waals surface area (Å²) in [5.74, 6) is -0.183. The van der Waals surface area contributed by atoms with Crippen LogP contribution in [0.4, 0.5) is 0 Å². The SMILES string of the molecule is CC[C@H](O)CC/C=C\C/C=C\C/C=C\C/C=C\CCCC(=O)OC[C@H](COP(=O)(O)OC[C@@H](O)CO)OC(=O)CCCCCCCCCCCCCCCCCC(C)C. The zero-order valence-corrected chi connectivity index (χ0v) is 38.1. The Hall–Kier alpha value is -2.11. The summed E-state index contributed by atoms with van der Waals surface area (Å²) in [7, 11) is -4.64. The summed E-state index contributed by atoms with van der Waals surface area (Å²) < 4.78 is 32.7. The maximum atomic E-state index is 12.6. The highest BCUT2D eigenvalue weighted by Gasteiger charge is 2.27. The fourth-order valence-corrected chi connectivity index (χ4v) is 6.88. The molecule has 4 N–H and O–H groups in total. The zero-order chi connectivity index (χ0) is 43.7. The number of hydrogen-bond acceptors (Lipinski definition) is 10. The number of unbranched alkanes of at least 4 members (excludes halogenated alkanes) is 15. The number of phosphoric ester groups is 1. The first-order valence-electron chi connectivity index (χ1n) is 23.0. The van der Waals surface area contributed by atoms with Gasteiger partial charge in [0.05, 0.1) is 25.9 Å². The van der Waals surface area contributed by atoms with E-state index in [9.17, 15) is 29.3 Å². The molecule has 0 heterocycles. The second-order valence-electron chi connectivity index (χ2n) is 16.1. The van der Waals surface area contributed by atoms with Crippen LogP contribution >= 0.6 is 7.82 Å². The van der Waals surface area contributed by atoms with Crippen LogP contribution in [0.15, 0.2) is 48.6 Å². The first kappa shape index (κ1) is 56.9. The molecule has 12 heteroatoms. The van der Waals surface area contributed by atoms with Gasteiger partial charge < -0.3 is 29.7 Å². The van der Waals surface area contributed by atoms with Gasteiger partial charge in [0.25, 0.3) is 0 Å². The lowest BCUT2D eigenvalue weighted by Gasteiger charge is -2.20. The summed E-state index contributed by atoms with van der Waals surface area (Å²) >= 11 is 0. The van der Waals surface area contributed by atoms with Crippen molar-refractivity contribution in [2.45, 2.75) is 206 Å². The van der Waals surface area contributed by atoms with E-state index < -0.39 is 51.8 Å². The van der Waals surface area contributed by atoms with Crippen molar-refractivity contribution in [2.75, 3.05) is 26.4 Å². The van der Waals surface area contributed by atoms with E-state index in [-0.39, 0.29) is 25.6 Å². The van der Waals surface area contributed by atoms with Gasteiger partial charge >= 0.3 is 19.8 Å². The van der Waals surface area contributed by atoms with Crippen molar-refractivity contribution in [2.24, 2.45) is 5.92 Å². The quantitative estimate of drug-likeness (QED) is 0.0199. The highest BCUT2D eigenvalue weighted by molar-refractivity contribution is 7.47. The van der Waals surface area contributed by atoms with E-state index in [4.69, 9.17) is 19.1 Å². The van der Waals surface area contributed by atoms with Gasteiger partial charge in [-0.05, 0) is 63.7 Å². The number of esters is 2. The van der Waals surface area contributed by atoms with Gasteiger partial charge in [-0.2, -0.15) is 0 Å². The molecule has 1 unspecified atom stereocenters. The summed E-state index contributed by atoms with van der Waals surface area (Å²) in [6.45, 7) is 4.38. The van der Waals surface area contributed by atoms with Gasteiger partial charge in [0.15, 0.2) is 6.10 Å². The van der Waals surface area contributed by atoms with Gasteiger partial charge in [-0.1, -0.05) is 166 Å². The average molecular weight is 857 g/mol. The van der Waals surface area contributed by atoms with Gasteiger partial charge in [-0.25, -0.2) is 4.57 Å². The molecule has 59 heavy (non-hydrogen) atoms. The van der Waals surface area contributed by atoms with Crippen molar-refractivity contribution < 1.29 is 52.9 Å². The van der Waals surface area contributed by atoms with Gasteiger partial charge in [0.1, 0.15) is 12.7 Å². The first-order valence-corrected chi connectivity index (χ1v) is 24.5. The minimum atomic E-state index is -4.64. The summed E-state index contributed by atoms with van der Waals surface area (Å²) in [5, 5.41) is 27.9. The molecule has 0 fully saturated rings. The fraction of sp³-hybridized carbons (Fsp3) is 0.787. The molecule has 0 aliphatic carbocycles. The van der Waals surface area contributed by atoms with Crippen molar-refractivity contribution in [3.63, 3.8) is 0 Å². The van der Waals surface area contributed by atoms with E-state index in [1.165, 1.54) is 77.0 Å². The van der Waals surface area contributed by atoms with Crippen LogP contribution in [0.1, 0.15) is 188 Å². The van der Waals surface area contributed by atoms with E-state index in [0.29, 0.717) is 19.3 Å². The Labute approximate surface area is 358 Å². The number of aliphatic hydroxyl groups is 3. The summed E-state index contributed by atoms with van der Waals surface area (Å²) in [5.41, 5.74) is 0. The van der Waals surface area contributed by atoms with Crippen molar-refractivity contribution in [3.05, 3.63) is 48.6 Å². The molecule has 0 saturated carbocycles. The third-order valence-corrected chi connectivity index (χ3v) is 10.8. The predicted molar refractivity (Wildman–Crippen MR) is 239 cm³/mol. The molecule has 0 aliphatic rings. The lowest BCUT2D eigenvalue weighted by atomic mass is 10.0. The average Bonchev–Trinajstić information content (AvgIpc) is 3.21. The summed E-state index contributed by atoms with van der Waals surface area (Å²) in [6, 6.07) is 0. The van der Waals surface area contributed by atoms with Crippen LogP contribution in [0.25, 0.3) is 0 Å². The van der Waals surface area contributed by atoms with Crippen LogP contribution in [-0.4, -0.2) is 76.9 Å². The maximum absolute atomic E-state index is 12.6. The van der Waals surface area contributed by atoms with E-state index >= 15 is 0 Å². The van der Waals surface area contributed by atoms with Gasteiger partial charge in [0.2, 0.25) is 0 Å². The molecule has 11 nitrogen and oxygen atoms in total. The topological polar surface area (TPSA) is 169 Å². The Kier molecular flexibility index (Phi) is 39.8. The van der Waals surface area contributed by atoms with Gasteiger partial charge in [-0.15, -0.1) is 0 Å². The van der Waals surface area contributed by atoms with Crippen LogP contribution in [0.3, 0.4) is 0 Å². The standard InChI is InChI=1S/C47H85O11P/c1-4-43(49)35-31-27-23-19-15-11-8-9-12-16-20-24-28-32-36-46(51)55-40-45(41-57-59(53,54)56-39-44(50)38-48)58-47(52)37-33-29-25-21-17-13-7-5-6-10-14-18-22-26-30-34-42(2)3/h9,11-12,15,20,23-24,27,42-45,48-50H,4-8,10,13-14,16-19,21-22,25-26,28-41H2,1-3H3,(H,53,54)/b12-9-,15-11-,24-20-,27-23-/t43-,44-,45+/m0/s1. The summed E-state index contributed by atoms with van der Waals surface area (Å²) in [6.07, 6.45) is 40.3. The number of aliphatic hydroxyl groups excluding tert-OH is 3. The highest BCUT2D eigenvalue weighted by Crippen LogP contribution is 2.43. The van der Waals surface area contributed by atoms with Crippen LogP contribution in [-0.2, 0) is 32.7 Å². The van der Waals surface area contributed by atoms with E-state index in [2.05, 4.69) is 54.8 Å². The monoisotopic (exact) mass is 857 g/mol. The summed E-state index contributed by atoms with van der Waals surface area (Å²) in [4.78, 5) is 35.0. The molecule has 0 aliphatic heterocycles. The molecule has 344 valence electrons. The van der Waals surface area contributed by atoms with E-state index in [1.54, 1.807) is 0 Å². The minimum absolute atomic E-state index is 0.152. The third kappa shape index (κ3) is 42.4. The lowest BCUT2D eigenvalue weighted by Crippen LogP contribution is -2.29. The predicted octanol–water partition coefficient (Wildman–Crippen LogP) is 11.3. The molecule has 0 amide bonds. The Morgan fingerprint density at radius 2 is 1.02 bits per heavy atom. The Balaban J connectivity index is 4.34. The second-order valence-corrected chi connectivity index (χ2v) is 17.5. The number of phosphoric acid groups is 1. The fourth-order valence-electron chi connectivity index (χ4n) is 6.09. The van der Waals surface area contributed by atoms with Crippen LogP contribution < -0.4 is 0 Å². The number of rotatable bonds is 42. The Morgan fingerprint density at radius 3 is 1.53 bits per heavy atom. The molecule has 0 aromatic heterocycles. The minimum Gasteiger partial charge on any atom is -0.462 e. The molecule has 0 saturated heterocycles. The number of carbonyl (C=O) groups is 2. The molecule has 0 spiro atoms. The third-order valence-electron chi connectivity index (χ3n) is 9.83. The van der Waals surface area contributed by atoms with Crippen molar-refractivity contribution in [3.8, 4) is 0 Å². The van der Waals surface area contributed by atoms with Crippen LogP contribution in [0.2, 0.25) is 0 Å². The molecule has 4 atom stereocenters. The normalized spacial score (nSPS) is 14.8. The largest absolute Gasteiger partial charge is 0.472 e.